The summed E-state index contributed by atoms with van der Waals surface area (Å²) in [5.74, 6) is 0. The van der Waals surface area contributed by atoms with Crippen LogP contribution in [0.4, 0.5) is 0 Å². The molecule has 268 valence electrons. The molecule has 1 fully saturated rings. The summed E-state index contributed by atoms with van der Waals surface area (Å²) in [6.07, 6.45) is -2.55. The Labute approximate surface area is 268 Å². The molecule has 1 aliphatic heterocycles. The first kappa shape index (κ1) is 45.9. The van der Waals surface area contributed by atoms with Crippen LogP contribution in [0, 0.1) is 0 Å². The summed E-state index contributed by atoms with van der Waals surface area (Å²) >= 11 is 0. The molecule has 0 saturated carbocycles. The Morgan fingerprint density at radius 2 is 1.24 bits per heavy atom. The predicted molar refractivity (Wildman–Crippen MR) is 166 cm³/mol. The minimum atomic E-state index is -5.82. The maximum atomic E-state index is 11.6. The molecule has 2 heterocycles. The molecule has 45 heavy (non-hydrogen) atoms. The monoisotopic (exact) mass is 691 g/mol. The average molecular weight is 692 g/mol. The molecule has 18 heteroatoms. The summed E-state index contributed by atoms with van der Waals surface area (Å²) in [6.45, 7) is 30.6. The number of hydrogen-bond donors (Lipinski definition) is 5. The van der Waals surface area contributed by atoms with Gasteiger partial charge >= 0.3 is 5.69 Å². The van der Waals surface area contributed by atoms with E-state index < -0.39 is 51.9 Å². The number of rotatable bonds is 15. The van der Waals surface area contributed by atoms with Crippen molar-refractivity contribution in [3.8, 4) is 0 Å². The zero-order valence-electron chi connectivity index (χ0n) is 28.5. The Balaban J connectivity index is 0. The number of ether oxygens (including phenoxy) is 1. The maximum absolute atomic E-state index is 11.6. The second-order valence-corrected chi connectivity index (χ2v) is 12.9. The van der Waals surface area contributed by atoms with Crippen LogP contribution in [0.2, 0.25) is 0 Å². The smallest absolute Gasteiger partial charge is 0.330 e. The summed E-state index contributed by atoms with van der Waals surface area (Å²) in [5, 5.41) is 9.79. The molecular formula is C27H59N5O11P2. The molecule has 4 atom stereocenters. The second-order valence-electron chi connectivity index (χ2n) is 10.2. The van der Waals surface area contributed by atoms with Gasteiger partial charge in [-0.1, -0.05) is 0 Å². The average Bonchev–Trinajstić information content (AvgIpc) is 3.34. The van der Waals surface area contributed by atoms with E-state index in [4.69, 9.17) is 4.74 Å². The van der Waals surface area contributed by atoms with Gasteiger partial charge in [0.05, 0.1) is 79.4 Å². The normalized spacial score (nSPS) is 19.2. The highest BCUT2D eigenvalue weighted by Gasteiger charge is 2.36. The van der Waals surface area contributed by atoms with Crippen molar-refractivity contribution >= 4 is 15.6 Å². The molecule has 2 rings (SSSR count). The fourth-order valence-corrected chi connectivity index (χ4v) is 5.75. The standard InChI is InChI=1S/C9H14N2O11P2.3C6H15N/c12-5-3-8(11-2-1-7(13)10-9(11)14)21-6(5)4-20-24(18,19)22-23(15,16)17;3*1-4-7(5-2)6-3/h1-2,5-6,8,12H,3-4H2,(H,18,19)(H,10,13,14)(H2,15,16,17);3*4-6H2,1-3H3/t5-,6+,8+;;;/m0.../s1. The number of phosphoric ester groups is 1. The van der Waals surface area contributed by atoms with Gasteiger partial charge in [0, 0.05) is 18.7 Å². The molecule has 0 aromatic carbocycles. The molecule has 1 saturated heterocycles. The van der Waals surface area contributed by atoms with Crippen LogP contribution < -0.4 is 40.6 Å². The van der Waals surface area contributed by atoms with E-state index in [0.29, 0.717) is 0 Å². The number of aliphatic hydroxyl groups is 1. The van der Waals surface area contributed by atoms with Crippen LogP contribution >= 0.6 is 15.6 Å². The van der Waals surface area contributed by atoms with E-state index in [1.807, 2.05) is 4.98 Å². The van der Waals surface area contributed by atoms with Gasteiger partial charge in [-0.05, 0) is 62.3 Å². The van der Waals surface area contributed by atoms with Gasteiger partial charge in [0.25, 0.3) is 13.4 Å². The van der Waals surface area contributed by atoms with E-state index >= 15 is 0 Å². The lowest BCUT2D eigenvalue weighted by atomic mass is 10.2. The van der Waals surface area contributed by atoms with Crippen molar-refractivity contribution in [2.24, 2.45) is 0 Å². The van der Waals surface area contributed by atoms with Crippen LogP contribution in [0.3, 0.4) is 0 Å². The van der Waals surface area contributed by atoms with Gasteiger partial charge in [-0.2, -0.15) is 0 Å². The summed E-state index contributed by atoms with van der Waals surface area (Å²) in [6, 6.07) is 1.04. The lowest BCUT2D eigenvalue weighted by Gasteiger charge is -2.35. The van der Waals surface area contributed by atoms with Crippen LogP contribution in [0.5, 0.6) is 0 Å². The lowest BCUT2D eigenvalue weighted by Crippen LogP contribution is -3.11. The van der Waals surface area contributed by atoms with Crippen molar-refractivity contribution in [1.82, 2.24) is 9.55 Å². The van der Waals surface area contributed by atoms with E-state index in [1.54, 1.807) is 14.7 Å². The molecule has 1 aliphatic rings. The van der Waals surface area contributed by atoms with Crippen molar-refractivity contribution in [3.63, 3.8) is 0 Å². The number of hydrogen-bond acceptors (Lipinski definition) is 11. The number of aromatic amines is 1. The molecule has 1 aromatic rings. The van der Waals surface area contributed by atoms with Crippen molar-refractivity contribution in [1.29, 1.82) is 0 Å². The highest BCUT2D eigenvalue weighted by atomic mass is 31.3. The molecule has 16 nitrogen and oxygen atoms in total. The molecule has 0 aliphatic carbocycles. The number of quaternary nitrogens is 3. The Morgan fingerprint density at radius 1 is 0.844 bits per heavy atom. The van der Waals surface area contributed by atoms with Gasteiger partial charge in [0.15, 0.2) is 0 Å². The molecule has 0 bridgehead atoms. The highest BCUT2D eigenvalue weighted by molar-refractivity contribution is 7.58. The fraction of sp³-hybridized carbons (Fsp3) is 0.852. The van der Waals surface area contributed by atoms with Crippen molar-refractivity contribution in [3.05, 3.63) is 33.1 Å². The first-order chi connectivity index (χ1) is 21.0. The van der Waals surface area contributed by atoms with Crippen molar-refractivity contribution < 1.29 is 57.2 Å². The molecule has 1 aromatic heterocycles. The SMILES string of the molecule is CC[NH+](CC)CC.CC[NH+](CC)CC.CC[NH+](CC)CC.O=c1ccn([C@H]2C[C@H](O)[C@@H](COP(=O)([O-])OP(=O)([O-])[O-])O2)c(=O)[nH]1. The van der Waals surface area contributed by atoms with Gasteiger partial charge in [0.2, 0.25) is 0 Å². The molecule has 0 spiro atoms. The Bertz CT molecular complexity index is 1040. The number of aromatic nitrogens is 2. The van der Waals surface area contributed by atoms with Gasteiger partial charge in [-0.15, -0.1) is 0 Å². The number of aliphatic hydroxyl groups excluding tert-OH is 1. The number of nitrogens with one attached hydrogen (secondary N) is 4. The third-order valence-electron chi connectivity index (χ3n) is 7.46. The largest absolute Gasteiger partial charge is 0.790 e. The lowest BCUT2D eigenvalue weighted by molar-refractivity contribution is -0.894. The predicted octanol–water partition coefficient (Wildman–Crippen LogP) is -3.69. The van der Waals surface area contributed by atoms with Crippen LogP contribution in [-0.4, -0.2) is 92.4 Å². The summed E-state index contributed by atoms with van der Waals surface area (Å²) in [7, 11) is -11.3. The zero-order chi connectivity index (χ0) is 35.2. The molecular weight excluding hydrogens is 632 g/mol. The summed E-state index contributed by atoms with van der Waals surface area (Å²) in [5.41, 5.74) is -1.45. The summed E-state index contributed by atoms with van der Waals surface area (Å²) < 4.78 is 35.0. The van der Waals surface area contributed by atoms with E-state index in [1.165, 1.54) is 58.9 Å². The first-order valence-electron chi connectivity index (χ1n) is 15.9. The molecule has 0 amide bonds. The van der Waals surface area contributed by atoms with E-state index in [0.717, 1.165) is 16.8 Å². The van der Waals surface area contributed by atoms with Crippen LogP contribution in [-0.2, 0) is 22.7 Å². The second kappa shape index (κ2) is 24.9. The van der Waals surface area contributed by atoms with E-state index in [-0.39, 0.29) is 6.42 Å². The Kier molecular flexibility index (Phi) is 25.3. The Hall–Kier alpha value is -1.26. The van der Waals surface area contributed by atoms with Crippen LogP contribution in [0.15, 0.2) is 21.9 Å². The van der Waals surface area contributed by atoms with Crippen molar-refractivity contribution in [2.75, 3.05) is 65.5 Å². The maximum Gasteiger partial charge on any atom is 0.330 e. The third kappa shape index (κ3) is 21.3. The van der Waals surface area contributed by atoms with Crippen molar-refractivity contribution in [2.45, 2.75) is 87.2 Å². The van der Waals surface area contributed by atoms with E-state index in [9.17, 15) is 38.5 Å². The van der Waals surface area contributed by atoms with Gasteiger partial charge in [0.1, 0.15) is 12.3 Å². The summed E-state index contributed by atoms with van der Waals surface area (Å²) in [4.78, 5) is 61.3. The van der Waals surface area contributed by atoms with Crippen LogP contribution in [0.25, 0.3) is 0 Å². The minimum absolute atomic E-state index is 0.133. The molecule has 5 N–H and O–H groups in total. The Morgan fingerprint density at radius 3 is 1.56 bits per heavy atom. The topological polar surface area (TPSA) is 219 Å². The highest BCUT2D eigenvalue weighted by Crippen LogP contribution is 2.50. The fourth-order valence-electron chi connectivity index (χ4n) is 4.25. The van der Waals surface area contributed by atoms with Crippen LogP contribution in [0.1, 0.15) is 75.0 Å². The van der Waals surface area contributed by atoms with Gasteiger partial charge in [-0.3, -0.25) is 23.2 Å². The molecule has 0 radical (unpaired) electrons. The van der Waals surface area contributed by atoms with E-state index in [2.05, 4.69) is 71.1 Å². The number of H-pyrrole nitrogens is 1. The zero-order valence-corrected chi connectivity index (χ0v) is 30.3. The number of phosphoric acid groups is 2. The van der Waals surface area contributed by atoms with Gasteiger partial charge in [-0.25, -0.2) is 4.79 Å². The number of nitrogens with zero attached hydrogens (tertiary/aromatic N) is 1. The van der Waals surface area contributed by atoms with Gasteiger partial charge < -0.3 is 48.3 Å². The molecule has 1 unspecified atom stereocenters. The quantitative estimate of drug-likeness (QED) is 0.113. The first-order valence-corrected chi connectivity index (χ1v) is 18.8. The third-order valence-corrected chi connectivity index (χ3v) is 9.53. The minimum Gasteiger partial charge on any atom is -0.790 e.